The van der Waals surface area contributed by atoms with Gasteiger partial charge in [0.1, 0.15) is 5.82 Å². The lowest BCUT2D eigenvalue weighted by Crippen LogP contribution is -2.43. The minimum Gasteiger partial charge on any atom is -0.379 e. The Balaban J connectivity index is 2.01. The monoisotopic (exact) mass is 272 g/mol. The Kier molecular flexibility index (Phi) is 4.74. The number of anilines is 1. The maximum absolute atomic E-state index is 13.2. The number of hydrogen-bond acceptors (Lipinski definition) is 2. The smallest absolute Gasteiger partial charge is 0.125 e. The molecule has 0 aliphatic heterocycles. The molecule has 0 saturated heterocycles. The molecule has 2 rings (SSSR count). The summed E-state index contributed by atoms with van der Waals surface area (Å²) in [6, 6.07) is 16.8. The van der Waals surface area contributed by atoms with Gasteiger partial charge in [-0.25, -0.2) is 4.39 Å². The Morgan fingerprint density at radius 3 is 2.50 bits per heavy atom. The summed E-state index contributed by atoms with van der Waals surface area (Å²) in [5.74, 6) is -0.238. The van der Waals surface area contributed by atoms with Crippen LogP contribution >= 0.6 is 0 Å². The van der Waals surface area contributed by atoms with Gasteiger partial charge in [-0.05, 0) is 43.5 Å². The van der Waals surface area contributed by atoms with Crippen molar-refractivity contribution in [3.8, 4) is 0 Å². The molecule has 0 fully saturated rings. The van der Waals surface area contributed by atoms with Gasteiger partial charge in [0.25, 0.3) is 0 Å². The Hall–Kier alpha value is -1.87. The van der Waals surface area contributed by atoms with Crippen LogP contribution < -0.4 is 11.1 Å². The second-order valence-corrected chi connectivity index (χ2v) is 5.39. The molecule has 106 valence electrons. The molecule has 0 aliphatic carbocycles. The van der Waals surface area contributed by atoms with Crippen LogP contribution in [-0.4, -0.2) is 12.1 Å². The van der Waals surface area contributed by atoms with Gasteiger partial charge in [0.15, 0.2) is 0 Å². The third kappa shape index (κ3) is 4.07. The van der Waals surface area contributed by atoms with E-state index in [1.165, 1.54) is 17.7 Å². The number of aryl methyl sites for hydroxylation is 1. The predicted molar refractivity (Wildman–Crippen MR) is 82.2 cm³/mol. The second-order valence-electron chi connectivity index (χ2n) is 5.39. The van der Waals surface area contributed by atoms with Gasteiger partial charge in [0, 0.05) is 17.8 Å². The molecule has 3 heteroatoms. The van der Waals surface area contributed by atoms with E-state index in [4.69, 9.17) is 5.73 Å². The molecule has 2 aromatic carbocycles. The maximum Gasteiger partial charge on any atom is 0.125 e. The Morgan fingerprint density at radius 1 is 1.10 bits per heavy atom. The van der Waals surface area contributed by atoms with Gasteiger partial charge in [0.05, 0.1) is 0 Å². The van der Waals surface area contributed by atoms with Gasteiger partial charge in [-0.2, -0.15) is 0 Å². The highest BCUT2D eigenvalue weighted by Crippen LogP contribution is 2.20. The van der Waals surface area contributed by atoms with Crippen molar-refractivity contribution in [1.29, 1.82) is 0 Å². The Bertz CT molecular complexity index is 542. The van der Waals surface area contributed by atoms with Crippen LogP contribution in [0.2, 0.25) is 0 Å². The van der Waals surface area contributed by atoms with Gasteiger partial charge in [0.2, 0.25) is 0 Å². The molecule has 0 saturated carbocycles. The molecule has 3 N–H and O–H groups in total. The molecule has 0 aliphatic rings. The van der Waals surface area contributed by atoms with Crippen LogP contribution in [0.3, 0.4) is 0 Å². The summed E-state index contributed by atoms with van der Waals surface area (Å²) in [6.45, 7) is 2.57. The summed E-state index contributed by atoms with van der Waals surface area (Å²) in [5, 5.41) is 3.35. The highest BCUT2D eigenvalue weighted by Gasteiger charge is 2.22. The third-order valence-corrected chi connectivity index (χ3v) is 3.53. The molecule has 1 unspecified atom stereocenters. The van der Waals surface area contributed by atoms with E-state index in [9.17, 15) is 4.39 Å². The molecular weight excluding hydrogens is 251 g/mol. The topological polar surface area (TPSA) is 38.0 Å². The van der Waals surface area contributed by atoms with Crippen LogP contribution in [0.5, 0.6) is 0 Å². The SMILES string of the molecule is CC(CN)(CCc1ccccc1)Nc1cccc(F)c1. The summed E-state index contributed by atoms with van der Waals surface area (Å²) in [5.41, 5.74) is 7.71. The molecule has 0 radical (unpaired) electrons. The van der Waals surface area contributed by atoms with Gasteiger partial charge in [-0.3, -0.25) is 0 Å². The zero-order chi connectivity index (χ0) is 14.4. The van der Waals surface area contributed by atoms with Crippen molar-refractivity contribution in [3.05, 3.63) is 66.0 Å². The van der Waals surface area contributed by atoms with E-state index in [-0.39, 0.29) is 11.4 Å². The normalized spacial score (nSPS) is 13.8. The molecule has 20 heavy (non-hydrogen) atoms. The first kappa shape index (κ1) is 14.5. The molecule has 0 amide bonds. The van der Waals surface area contributed by atoms with E-state index in [1.807, 2.05) is 24.3 Å². The number of nitrogens with one attached hydrogen (secondary N) is 1. The number of rotatable bonds is 6. The highest BCUT2D eigenvalue weighted by atomic mass is 19.1. The minimum atomic E-state index is -0.246. The van der Waals surface area contributed by atoms with E-state index in [0.717, 1.165) is 18.5 Å². The zero-order valence-electron chi connectivity index (χ0n) is 11.8. The van der Waals surface area contributed by atoms with E-state index in [1.54, 1.807) is 6.07 Å². The molecule has 1 atom stereocenters. The number of benzene rings is 2. The van der Waals surface area contributed by atoms with Crippen molar-refractivity contribution < 1.29 is 4.39 Å². The minimum absolute atomic E-state index is 0.238. The molecule has 0 heterocycles. The summed E-state index contributed by atoms with van der Waals surface area (Å²) in [4.78, 5) is 0. The van der Waals surface area contributed by atoms with Crippen LogP contribution in [0, 0.1) is 5.82 Å². The molecule has 2 aromatic rings. The lowest BCUT2D eigenvalue weighted by atomic mass is 9.93. The predicted octanol–water partition coefficient (Wildman–Crippen LogP) is 3.59. The number of halogens is 1. The second kappa shape index (κ2) is 6.53. The van der Waals surface area contributed by atoms with Crippen molar-refractivity contribution in [3.63, 3.8) is 0 Å². The molecule has 0 spiro atoms. The van der Waals surface area contributed by atoms with Crippen molar-refractivity contribution in [2.75, 3.05) is 11.9 Å². The fourth-order valence-corrected chi connectivity index (χ4v) is 2.20. The highest BCUT2D eigenvalue weighted by molar-refractivity contribution is 5.45. The van der Waals surface area contributed by atoms with Crippen LogP contribution in [0.15, 0.2) is 54.6 Å². The first-order chi connectivity index (χ1) is 9.61. The third-order valence-electron chi connectivity index (χ3n) is 3.53. The molecular formula is C17H21FN2. The van der Waals surface area contributed by atoms with E-state index in [2.05, 4.69) is 24.4 Å². The summed E-state index contributed by atoms with van der Waals surface area (Å²) in [7, 11) is 0. The average Bonchev–Trinajstić information content (AvgIpc) is 2.46. The lowest BCUT2D eigenvalue weighted by Gasteiger charge is -2.31. The number of hydrogen-bond donors (Lipinski definition) is 2. The Labute approximate surface area is 119 Å². The first-order valence-electron chi connectivity index (χ1n) is 6.89. The van der Waals surface area contributed by atoms with Crippen LogP contribution in [0.4, 0.5) is 10.1 Å². The van der Waals surface area contributed by atoms with E-state index < -0.39 is 0 Å². The lowest BCUT2D eigenvalue weighted by molar-refractivity contribution is 0.482. The fraction of sp³-hybridized carbons (Fsp3) is 0.294. The average molecular weight is 272 g/mol. The largest absolute Gasteiger partial charge is 0.379 e. The standard InChI is InChI=1S/C17H21FN2/c1-17(13-19,11-10-14-6-3-2-4-7-14)20-16-9-5-8-15(18)12-16/h2-9,12,20H,10-11,13,19H2,1H3. The van der Waals surface area contributed by atoms with Crippen molar-refractivity contribution in [2.45, 2.75) is 25.3 Å². The summed E-state index contributed by atoms with van der Waals surface area (Å²) in [6.07, 6.45) is 1.83. The summed E-state index contributed by atoms with van der Waals surface area (Å²) >= 11 is 0. The zero-order valence-corrected chi connectivity index (χ0v) is 11.8. The molecule has 0 aromatic heterocycles. The fourth-order valence-electron chi connectivity index (χ4n) is 2.20. The van der Waals surface area contributed by atoms with Crippen molar-refractivity contribution in [2.24, 2.45) is 5.73 Å². The summed E-state index contributed by atoms with van der Waals surface area (Å²) < 4.78 is 13.2. The molecule has 2 nitrogen and oxygen atoms in total. The van der Waals surface area contributed by atoms with Crippen LogP contribution in [-0.2, 0) is 6.42 Å². The van der Waals surface area contributed by atoms with Gasteiger partial charge < -0.3 is 11.1 Å². The van der Waals surface area contributed by atoms with Crippen LogP contribution in [0.1, 0.15) is 18.9 Å². The Morgan fingerprint density at radius 2 is 1.85 bits per heavy atom. The quantitative estimate of drug-likeness (QED) is 0.843. The van der Waals surface area contributed by atoms with E-state index in [0.29, 0.717) is 6.54 Å². The van der Waals surface area contributed by atoms with E-state index >= 15 is 0 Å². The first-order valence-corrected chi connectivity index (χ1v) is 6.89. The number of nitrogens with two attached hydrogens (primary N) is 1. The molecule has 0 bridgehead atoms. The van der Waals surface area contributed by atoms with Crippen molar-refractivity contribution in [1.82, 2.24) is 0 Å². The van der Waals surface area contributed by atoms with Gasteiger partial charge in [-0.15, -0.1) is 0 Å². The maximum atomic E-state index is 13.2. The van der Waals surface area contributed by atoms with Gasteiger partial charge in [-0.1, -0.05) is 36.4 Å². The van der Waals surface area contributed by atoms with Crippen LogP contribution in [0.25, 0.3) is 0 Å². The van der Waals surface area contributed by atoms with Crippen molar-refractivity contribution >= 4 is 5.69 Å². The van der Waals surface area contributed by atoms with Gasteiger partial charge >= 0.3 is 0 Å².